The van der Waals surface area contributed by atoms with E-state index in [0.717, 1.165) is 72.9 Å². The van der Waals surface area contributed by atoms with Crippen molar-refractivity contribution in [1.82, 2.24) is 0 Å². The molecular weight excluding hydrogens is 1560 g/mol. The van der Waals surface area contributed by atoms with Crippen molar-refractivity contribution in [3.8, 4) is 0 Å². The summed E-state index contributed by atoms with van der Waals surface area (Å²) < 4.78 is 9.59. The van der Waals surface area contributed by atoms with Crippen LogP contribution in [0.15, 0.2) is 54.6 Å². The number of benzene rings is 3. The summed E-state index contributed by atoms with van der Waals surface area (Å²) in [5, 5.41) is 16.4. The fourth-order valence-corrected chi connectivity index (χ4v) is 7.90. The van der Waals surface area contributed by atoms with Gasteiger partial charge in [0.25, 0.3) is 0 Å². The molecule has 0 aliphatic carbocycles. The Kier molecular flexibility index (Phi) is 94.6. The van der Waals surface area contributed by atoms with Gasteiger partial charge in [-0.15, -0.1) is 6.07 Å². The van der Waals surface area contributed by atoms with Crippen molar-refractivity contribution < 1.29 is 165 Å². The monoisotopic (exact) mass is 1670 g/mol. The fourth-order valence-electron chi connectivity index (χ4n) is 7.90. The van der Waals surface area contributed by atoms with E-state index < -0.39 is 5.54 Å². The number of amides is 1. The second kappa shape index (κ2) is 65.7. The van der Waals surface area contributed by atoms with Gasteiger partial charge >= 0.3 is 0 Å². The second-order valence-electron chi connectivity index (χ2n) is 16.1. The van der Waals surface area contributed by atoms with Crippen LogP contribution in [0.2, 0.25) is 0 Å². The first-order valence-corrected chi connectivity index (χ1v) is 31.3. The number of aliphatic hydroxyl groups is 1. The molecular formula is C63H110ClI2N3O7Y4-4. The molecule has 0 saturated heterocycles. The first-order valence-electron chi connectivity index (χ1n) is 24.6. The molecule has 3 aliphatic rings. The fraction of sp³-hybridized carbons (Fsp3) is 0.556. The standard InChI is InChI=1S/C16H17NO3.C15H18NO2.C14H19NO.6C2H6.CClO.5CH4.I2.4Y/c1-11-5-6-14-15(13(11)8-20-10-19)12(2)7-16(3,4)17(14)9-18;1-10-5-6-13-14(12(10)8-18-9-17)11(2)7-15(3,4)16-13;1-9-5-6-12-13(11(9)8-16)10(2)7-14(3,4)15-12;6*1-2;2-1-3;;;;;;1-2;;;;/h5-7H,8H2,1-4H3;5-7,16H,8H2,1-4H3;5-7,15-16H,8H2,1-4H3;6*1-2H3;;5*1H4;;;;;/q-2;-1;;;;;;;;-1;;;;;;;;;;. The van der Waals surface area contributed by atoms with Crippen LogP contribution in [0, 0.1) is 20.8 Å². The van der Waals surface area contributed by atoms with Crippen molar-refractivity contribution in [2.75, 3.05) is 15.5 Å². The molecule has 3 heterocycles. The van der Waals surface area contributed by atoms with Gasteiger partial charge in [-0.05, 0) is 140 Å². The number of fused-ring (bicyclic) bond motifs is 3. The maximum absolute atomic E-state index is 11.3. The molecule has 3 aliphatic heterocycles. The molecule has 0 aromatic heterocycles. The molecule has 0 fully saturated rings. The average Bonchev–Trinajstić information content (AvgIpc) is 3.35. The molecule has 3 aromatic carbocycles. The van der Waals surface area contributed by atoms with Gasteiger partial charge < -0.3 is 60.9 Å². The topological polar surface area (TPSA) is 134 Å². The molecule has 4 radical (unpaired) electrons. The number of hydrogen-bond donors (Lipinski definition) is 3. The van der Waals surface area contributed by atoms with Crippen molar-refractivity contribution in [3.63, 3.8) is 0 Å². The second-order valence-corrected chi connectivity index (χ2v) is 16.2. The van der Waals surface area contributed by atoms with E-state index in [2.05, 4.69) is 131 Å². The Hall–Kier alpha value is 0.686. The van der Waals surface area contributed by atoms with Crippen LogP contribution < -0.4 is 15.5 Å². The zero-order valence-electron chi connectivity index (χ0n) is 50.1. The van der Waals surface area contributed by atoms with Gasteiger partial charge in [-0.3, -0.25) is 0 Å². The minimum atomic E-state index is -0.428. The molecule has 10 nitrogen and oxygen atoms in total. The summed E-state index contributed by atoms with van der Waals surface area (Å²) in [6.45, 7) is 52.2. The Morgan fingerprint density at radius 3 is 1.07 bits per heavy atom. The van der Waals surface area contributed by atoms with Crippen LogP contribution in [-0.2, 0) is 179 Å². The number of anilines is 3. The third-order valence-electron chi connectivity index (χ3n) is 10.1. The maximum atomic E-state index is 11.3. The van der Waals surface area contributed by atoms with Crippen LogP contribution in [0.5, 0.6) is 0 Å². The zero-order chi connectivity index (χ0) is 56.9. The third kappa shape index (κ3) is 38.8. The first kappa shape index (κ1) is 115. The molecule has 80 heavy (non-hydrogen) atoms. The summed E-state index contributed by atoms with van der Waals surface area (Å²) >= 11 is 8.43. The Morgan fingerprint density at radius 2 is 0.775 bits per heavy atom. The van der Waals surface area contributed by atoms with E-state index in [0.29, 0.717) is 0 Å². The molecule has 6 rings (SSSR count). The number of aryl methyl sites for hydroxylation is 3. The van der Waals surface area contributed by atoms with E-state index in [-0.39, 0.29) is 199 Å². The number of allylic oxidation sites excluding steroid dienone is 3. The normalized spacial score (nSPS) is 11.9. The Bertz CT molecular complexity index is 2120. The van der Waals surface area contributed by atoms with Crippen LogP contribution >= 0.6 is 48.8 Å². The summed E-state index contributed by atoms with van der Waals surface area (Å²) in [4.78, 5) is 41.9. The molecule has 0 spiro atoms. The first-order chi connectivity index (χ1) is 33.7. The van der Waals surface area contributed by atoms with E-state index in [1.54, 1.807) is 4.90 Å². The minimum Gasteiger partial charge on any atom is -0.650 e. The molecule has 1 amide bonds. The van der Waals surface area contributed by atoms with Crippen LogP contribution in [0.25, 0.3) is 16.7 Å². The molecule has 0 saturated carbocycles. The molecule has 17 heteroatoms. The van der Waals surface area contributed by atoms with Crippen LogP contribution in [0.4, 0.5) is 17.1 Å². The molecule has 0 unspecified atom stereocenters. The van der Waals surface area contributed by atoms with Gasteiger partial charge in [0.15, 0.2) is 0 Å². The van der Waals surface area contributed by atoms with Crippen LogP contribution in [0.1, 0.15) is 233 Å². The summed E-state index contributed by atoms with van der Waals surface area (Å²) in [5.41, 5.74) is 15.5. The number of nitrogens with zero attached hydrogens (tertiary/aromatic N) is 1. The van der Waals surface area contributed by atoms with E-state index >= 15 is 0 Å². The number of halogens is 3. The summed E-state index contributed by atoms with van der Waals surface area (Å²) in [6, 6.07) is 12.1. The van der Waals surface area contributed by atoms with Gasteiger partial charge in [0.05, 0.1) is 37.3 Å². The van der Waals surface area contributed by atoms with Gasteiger partial charge in [-0.25, -0.2) is 0 Å². The van der Waals surface area contributed by atoms with Crippen molar-refractivity contribution in [2.24, 2.45) is 0 Å². The quantitative estimate of drug-likeness (QED) is 0.114. The van der Waals surface area contributed by atoms with Gasteiger partial charge in [0, 0.05) is 196 Å². The van der Waals surface area contributed by atoms with E-state index in [9.17, 15) is 19.5 Å². The molecule has 0 atom stereocenters. The van der Waals surface area contributed by atoms with Crippen LogP contribution in [0.3, 0.4) is 0 Å². The zero-order valence-corrected chi connectivity index (χ0v) is 66.5. The van der Waals surface area contributed by atoms with Gasteiger partial charge in [-0.2, -0.15) is 5.75 Å². The molecule has 3 aromatic rings. The van der Waals surface area contributed by atoms with E-state index in [1.807, 2.05) is 155 Å². The number of aliphatic hydroxyl groups excluding tert-OH is 1. The molecule has 3 N–H and O–H groups in total. The smallest absolute Gasteiger partial charge is 0.0755 e. The van der Waals surface area contributed by atoms with E-state index in [4.69, 9.17) is 14.3 Å². The van der Waals surface area contributed by atoms with Crippen molar-refractivity contribution in [3.05, 3.63) is 105 Å². The SMILES string of the molecule is C.C.C.C.C.CC.CC.CC.CC.CC.CC.CC1=CC(C)(C)N([C-]=O)c2ccc(C)c(CO[C-]=O)c21.CC1=CC(C)(C)Nc2ccc(C)c(CO)c21.CC1=CC(C)(C)Nc2ccc(C)c(CO[C-]=O)c21.II.O=[C-]Cl.[Y].[Y].[Y].[Y]. The largest absolute Gasteiger partial charge is 0.650 e. The predicted octanol–water partition coefficient (Wildman–Crippen LogP) is 20.3. The minimum absolute atomic E-state index is 0. The Labute approximate surface area is 623 Å². The van der Waals surface area contributed by atoms with Crippen molar-refractivity contribution >= 4 is 108 Å². The number of ether oxygens (including phenoxy) is 2. The molecule has 456 valence electrons. The number of nitrogens with one attached hydrogen (secondary N) is 2. The van der Waals surface area contributed by atoms with Crippen LogP contribution in [-0.4, -0.2) is 46.8 Å². The predicted molar refractivity (Wildman–Crippen MR) is 360 cm³/mol. The number of hydrogen-bond acceptors (Lipinski definition) is 9. The summed E-state index contributed by atoms with van der Waals surface area (Å²) in [6.07, 6.45) is 8.43. The number of rotatable bonds is 8. The summed E-state index contributed by atoms with van der Waals surface area (Å²) in [5.74, 6) is 0.972. The van der Waals surface area contributed by atoms with Gasteiger partial charge in [0.2, 0.25) is 0 Å². The average molecular weight is 1670 g/mol. The van der Waals surface area contributed by atoms with E-state index in [1.165, 1.54) is 29.7 Å². The summed E-state index contributed by atoms with van der Waals surface area (Å²) in [7, 11) is 0. The van der Waals surface area contributed by atoms with Crippen molar-refractivity contribution in [1.29, 1.82) is 0 Å². The maximum Gasteiger partial charge on any atom is 0.0755 e. The number of carbonyl (C=O) groups excluding carboxylic acids is 4. The Morgan fingerprint density at radius 1 is 0.500 bits per heavy atom. The van der Waals surface area contributed by atoms with Crippen molar-refractivity contribution in [2.45, 2.75) is 240 Å². The van der Waals surface area contributed by atoms with Gasteiger partial charge in [0.1, 0.15) is 0 Å². The third-order valence-corrected chi connectivity index (χ3v) is 10.1. The Balaban J connectivity index is -0.0000000571. The molecule has 0 bridgehead atoms. The van der Waals surface area contributed by atoms with Gasteiger partial charge in [-0.1, -0.05) is 186 Å².